The lowest BCUT2D eigenvalue weighted by Gasteiger charge is -2.33. The molecule has 0 aromatic carbocycles. The molecule has 1 saturated heterocycles. The van der Waals surface area contributed by atoms with Gasteiger partial charge in [-0.25, -0.2) is 18.5 Å². The van der Waals surface area contributed by atoms with E-state index in [0.717, 1.165) is 18.3 Å². The molecule has 0 aliphatic carbocycles. The molecule has 0 spiro atoms. The summed E-state index contributed by atoms with van der Waals surface area (Å²) in [6, 6.07) is 1.90. The number of nitrogens with zero attached hydrogens (tertiary/aromatic N) is 2. The summed E-state index contributed by atoms with van der Waals surface area (Å²) >= 11 is 0. The summed E-state index contributed by atoms with van der Waals surface area (Å²) < 4.78 is 60.3. The van der Waals surface area contributed by atoms with E-state index in [1.165, 1.54) is 0 Å². The minimum Gasteiger partial charge on any atom is -0.356 e. The molecular formula is C12H16F3N3O2S. The van der Waals surface area contributed by atoms with Gasteiger partial charge < -0.3 is 4.90 Å². The van der Waals surface area contributed by atoms with Crippen LogP contribution in [0, 0.1) is 5.92 Å². The second kappa shape index (κ2) is 5.80. The molecule has 1 aliphatic rings. The summed E-state index contributed by atoms with van der Waals surface area (Å²) in [6.45, 7) is 0.889. The van der Waals surface area contributed by atoms with Crippen LogP contribution >= 0.6 is 0 Å². The smallest absolute Gasteiger partial charge is 0.356 e. The van der Waals surface area contributed by atoms with E-state index in [4.69, 9.17) is 5.14 Å². The maximum absolute atomic E-state index is 12.7. The normalized spacial score (nSPS) is 20.6. The van der Waals surface area contributed by atoms with Crippen molar-refractivity contribution in [3.8, 4) is 0 Å². The molecule has 1 aromatic rings. The van der Waals surface area contributed by atoms with Crippen LogP contribution in [0.4, 0.5) is 19.0 Å². The van der Waals surface area contributed by atoms with Gasteiger partial charge in [-0.15, -0.1) is 0 Å². The first-order valence-electron chi connectivity index (χ1n) is 6.44. The SMILES string of the molecule is NS(=O)(=O)C[C@H]1CCCN(c2cc(C(F)(F)F)ccn2)C1. The first-order valence-corrected chi connectivity index (χ1v) is 8.15. The van der Waals surface area contributed by atoms with Gasteiger partial charge in [0.25, 0.3) is 0 Å². The first kappa shape index (κ1) is 16.0. The Morgan fingerprint density at radius 3 is 2.76 bits per heavy atom. The zero-order valence-corrected chi connectivity index (χ0v) is 12.0. The number of anilines is 1. The predicted octanol–water partition coefficient (Wildman–Crippen LogP) is 1.61. The molecule has 1 aromatic heterocycles. The zero-order chi connectivity index (χ0) is 15.7. The van der Waals surface area contributed by atoms with Crippen molar-refractivity contribution in [2.75, 3.05) is 23.7 Å². The molecule has 2 heterocycles. The number of hydrogen-bond donors (Lipinski definition) is 1. The average molecular weight is 323 g/mol. The number of aromatic nitrogens is 1. The number of sulfonamides is 1. The molecule has 9 heteroatoms. The molecule has 0 bridgehead atoms. The highest BCUT2D eigenvalue weighted by atomic mass is 32.2. The van der Waals surface area contributed by atoms with Crippen LogP contribution in [-0.2, 0) is 16.2 Å². The number of piperidine rings is 1. The largest absolute Gasteiger partial charge is 0.416 e. The number of alkyl halides is 3. The lowest BCUT2D eigenvalue weighted by Crippen LogP contribution is -2.39. The van der Waals surface area contributed by atoms with Gasteiger partial charge in [-0.3, -0.25) is 0 Å². The van der Waals surface area contributed by atoms with Crippen LogP contribution in [0.5, 0.6) is 0 Å². The summed E-state index contributed by atoms with van der Waals surface area (Å²) in [5, 5.41) is 5.02. The van der Waals surface area contributed by atoms with Crippen molar-refractivity contribution in [2.24, 2.45) is 11.1 Å². The summed E-state index contributed by atoms with van der Waals surface area (Å²) in [5.41, 5.74) is -0.763. The van der Waals surface area contributed by atoms with Crippen molar-refractivity contribution in [3.63, 3.8) is 0 Å². The van der Waals surface area contributed by atoms with Crippen molar-refractivity contribution >= 4 is 15.8 Å². The fraction of sp³-hybridized carbons (Fsp3) is 0.583. The zero-order valence-electron chi connectivity index (χ0n) is 11.2. The molecule has 21 heavy (non-hydrogen) atoms. The number of nitrogens with two attached hydrogens (primary N) is 1. The number of primary sulfonamides is 1. The Morgan fingerprint density at radius 2 is 2.14 bits per heavy atom. The number of halogens is 3. The van der Waals surface area contributed by atoms with Gasteiger partial charge in [0.1, 0.15) is 5.82 Å². The third-order valence-electron chi connectivity index (χ3n) is 3.38. The minimum atomic E-state index is -4.42. The van der Waals surface area contributed by atoms with Gasteiger partial charge in [0, 0.05) is 19.3 Å². The van der Waals surface area contributed by atoms with E-state index < -0.39 is 21.8 Å². The molecule has 0 unspecified atom stereocenters. The predicted molar refractivity (Wildman–Crippen MR) is 72.2 cm³/mol. The Morgan fingerprint density at radius 1 is 1.43 bits per heavy atom. The van der Waals surface area contributed by atoms with E-state index in [0.29, 0.717) is 25.9 Å². The van der Waals surface area contributed by atoms with Crippen molar-refractivity contribution in [1.82, 2.24) is 4.98 Å². The standard InChI is InChI=1S/C12H16F3N3O2S/c13-12(14,15)10-3-4-17-11(6-10)18-5-1-2-9(7-18)8-21(16,19)20/h3-4,6,9H,1-2,5,7-8H2,(H2,16,19,20)/t9-/m0/s1. The summed E-state index contributed by atoms with van der Waals surface area (Å²) in [7, 11) is -3.59. The number of pyridine rings is 1. The van der Waals surface area contributed by atoms with Gasteiger partial charge in [0.2, 0.25) is 10.0 Å². The Kier molecular flexibility index (Phi) is 4.43. The molecule has 0 saturated carbocycles. The lowest BCUT2D eigenvalue weighted by atomic mass is 10.00. The van der Waals surface area contributed by atoms with E-state index in [1.807, 2.05) is 0 Å². The quantitative estimate of drug-likeness (QED) is 0.917. The van der Waals surface area contributed by atoms with Crippen molar-refractivity contribution in [1.29, 1.82) is 0 Å². The maximum atomic E-state index is 12.7. The van der Waals surface area contributed by atoms with E-state index >= 15 is 0 Å². The molecule has 5 nitrogen and oxygen atoms in total. The highest BCUT2D eigenvalue weighted by Crippen LogP contribution is 2.31. The van der Waals surface area contributed by atoms with Gasteiger partial charge in [0.05, 0.1) is 11.3 Å². The van der Waals surface area contributed by atoms with Gasteiger partial charge in [-0.05, 0) is 30.9 Å². The Balaban J connectivity index is 2.15. The Bertz CT molecular complexity index is 604. The van der Waals surface area contributed by atoms with Crippen molar-refractivity contribution in [3.05, 3.63) is 23.9 Å². The summed E-state index contributed by atoms with van der Waals surface area (Å²) in [4.78, 5) is 5.63. The van der Waals surface area contributed by atoms with Gasteiger partial charge in [-0.1, -0.05) is 0 Å². The van der Waals surface area contributed by atoms with Crippen molar-refractivity contribution < 1.29 is 21.6 Å². The lowest BCUT2D eigenvalue weighted by molar-refractivity contribution is -0.137. The highest BCUT2D eigenvalue weighted by Gasteiger charge is 2.32. The number of hydrogen-bond acceptors (Lipinski definition) is 4. The molecule has 1 fully saturated rings. The Hall–Kier alpha value is -1.35. The number of rotatable bonds is 3. The Labute approximate surface area is 121 Å². The van der Waals surface area contributed by atoms with Crippen LogP contribution in [0.15, 0.2) is 18.3 Å². The third-order valence-corrected chi connectivity index (χ3v) is 4.32. The minimum absolute atomic E-state index is 0.164. The second-order valence-corrected chi connectivity index (χ2v) is 6.84. The average Bonchev–Trinajstić information content (AvgIpc) is 2.36. The molecule has 1 aliphatic heterocycles. The molecule has 2 N–H and O–H groups in total. The molecule has 0 radical (unpaired) electrons. The van der Waals surface area contributed by atoms with Crippen LogP contribution in [0.1, 0.15) is 18.4 Å². The fourth-order valence-electron chi connectivity index (χ4n) is 2.51. The third kappa shape index (κ3) is 4.57. The van der Waals surface area contributed by atoms with Crippen molar-refractivity contribution in [2.45, 2.75) is 19.0 Å². The molecule has 118 valence electrons. The van der Waals surface area contributed by atoms with E-state index in [1.54, 1.807) is 4.90 Å². The molecule has 2 rings (SSSR count). The van der Waals surface area contributed by atoms with Crippen LogP contribution in [0.25, 0.3) is 0 Å². The monoisotopic (exact) mass is 323 g/mol. The molecule has 0 amide bonds. The van der Waals surface area contributed by atoms with E-state index in [2.05, 4.69) is 4.98 Å². The molecule has 1 atom stereocenters. The summed E-state index contributed by atoms with van der Waals surface area (Å²) in [5.74, 6) is -0.142. The topological polar surface area (TPSA) is 76.3 Å². The van der Waals surface area contributed by atoms with Crippen LogP contribution in [0.2, 0.25) is 0 Å². The second-order valence-electron chi connectivity index (χ2n) is 5.18. The van der Waals surface area contributed by atoms with Crippen LogP contribution < -0.4 is 10.0 Å². The van der Waals surface area contributed by atoms with Gasteiger partial charge >= 0.3 is 6.18 Å². The van der Waals surface area contributed by atoms with Gasteiger partial charge in [-0.2, -0.15) is 13.2 Å². The highest BCUT2D eigenvalue weighted by molar-refractivity contribution is 7.89. The van der Waals surface area contributed by atoms with Gasteiger partial charge in [0.15, 0.2) is 0 Å². The summed E-state index contributed by atoms with van der Waals surface area (Å²) in [6.07, 6.45) is -1.93. The maximum Gasteiger partial charge on any atom is 0.416 e. The van der Waals surface area contributed by atoms with Crippen LogP contribution in [-0.4, -0.2) is 32.2 Å². The van der Waals surface area contributed by atoms with Crippen LogP contribution in [0.3, 0.4) is 0 Å². The fourth-order valence-corrected chi connectivity index (χ4v) is 3.43. The van der Waals surface area contributed by atoms with E-state index in [-0.39, 0.29) is 17.5 Å². The van der Waals surface area contributed by atoms with E-state index in [9.17, 15) is 21.6 Å². The molecular weight excluding hydrogens is 307 g/mol. The first-order chi connectivity index (χ1) is 9.65.